The molecule has 5 aliphatic rings. The summed E-state index contributed by atoms with van der Waals surface area (Å²) in [5.41, 5.74) is 3.74. The minimum Gasteiger partial charge on any atom is -0.325 e. The molecule has 33 heavy (non-hydrogen) atoms. The summed E-state index contributed by atoms with van der Waals surface area (Å²) in [4.78, 5) is 27.4. The molecule has 1 heterocycles. The van der Waals surface area contributed by atoms with Gasteiger partial charge in [0.05, 0.1) is 5.69 Å². The van der Waals surface area contributed by atoms with Crippen molar-refractivity contribution in [3.63, 3.8) is 0 Å². The molecule has 0 unspecified atom stereocenters. The van der Waals surface area contributed by atoms with Gasteiger partial charge in [0.25, 0.3) is 5.91 Å². The first kappa shape index (κ1) is 19.3. The molecule has 4 aliphatic carbocycles. The number of anilines is 2. The molecule has 0 atom stereocenters. The number of nitrogens with one attached hydrogen (secondary N) is 1. The first-order chi connectivity index (χ1) is 16.1. The smallest absolute Gasteiger partial charge is 0.259 e. The molecule has 0 spiro atoms. The van der Waals surface area contributed by atoms with E-state index in [0.29, 0.717) is 11.5 Å². The molecule has 1 aliphatic heterocycles. The maximum Gasteiger partial charge on any atom is 0.259 e. The average molecular weight is 437 g/mol. The van der Waals surface area contributed by atoms with E-state index >= 15 is 0 Å². The van der Waals surface area contributed by atoms with Gasteiger partial charge >= 0.3 is 0 Å². The standard InChI is InChI=1S/C29H28N2O2/c32-26(16-31-25-6-2-4-19-3-1-5-24(28(19)25)29(31)33)30-23-9-7-20(8-10-23)27-21-12-17-11-18(14-21)15-22(27)13-17/h1-10,17-18,21-22,27H,11-16H2,(H,30,32). The number of carbonyl (C=O) groups is 2. The lowest BCUT2D eigenvalue weighted by Gasteiger charge is -2.54. The van der Waals surface area contributed by atoms with Crippen LogP contribution >= 0.6 is 0 Å². The van der Waals surface area contributed by atoms with Crippen molar-refractivity contribution < 1.29 is 9.59 Å². The number of nitrogens with zero attached hydrogens (tertiary/aromatic N) is 1. The highest BCUT2D eigenvalue weighted by molar-refractivity contribution is 6.26. The van der Waals surface area contributed by atoms with Crippen LogP contribution in [0, 0.1) is 23.7 Å². The molecule has 3 aromatic carbocycles. The highest BCUT2D eigenvalue weighted by Gasteiger charge is 2.48. The highest BCUT2D eigenvalue weighted by Crippen LogP contribution is 2.59. The Kier molecular flexibility index (Phi) is 4.21. The second-order valence-electron chi connectivity index (χ2n) is 10.7. The van der Waals surface area contributed by atoms with Gasteiger partial charge in [-0.1, -0.05) is 36.4 Å². The van der Waals surface area contributed by atoms with Crippen molar-refractivity contribution in [2.45, 2.75) is 38.0 Å². The van der Waals surface area contributed by atoms with Gasteiger partial charge in [-0.25, -0.2) is 0 Å². The minimum absolute atomic E-state index is 0.0178. The van der Waals surface area contributed by atoms with Crippen LogP contribution in [-0.2, 0) is 4.79 Å². The summed E-state index contributed by atoms with van der Waals surface area (Å²) in [5, 5.41) is 4.98. The van der Waals surface area contributed by atoms with Gasteiger partial charge in [0.15, 0.2) is 0 Å². The minimum atomic E-state index is -0.171. The van der Waals surface area contributed by atoms with E-state index in [2.05, 4.69) is 17.4 Å². The molecular weight excluding hydrogens is 408 g/mol. The van der Waals surface area contributed by atoms with Gasteiger partial charge in [0.2, 0.25) is 5.91 Å². The molecule has 0 radical (unpaired) electrons. The first-order valence-corrected chi connectivity index (χ1v) is 12.4. The summed E-state index contributed by atoms with van der Waals surface area (Å²) in [6, 6.07) is 20.1. The van der Waals surface area contributed by atoms with Gasteiger partial charge < -0.3 is 5.32 Å². The number of hydrogen-bond acceptors (Lipinski definition) is 2. The third kappa shape index (κ3) is 3.03. The molecule has 4 bridgehead atoms. The van der Waals surface area contributed by atoms with Crippen molar-refractivity contribution in [1.29, 1.82) is 0 Å². The average Bonchev–Trinajstić information content (AvgIpc) is 3.07. The van der Waals surface area contributed by atoms with E-state index in [4.69, 9.17) is 0 Å². The van der Waals surface area contributed by atoms with Gasteiger partial charge in [0.1, 0.15) is 6.54 Å². The fourth-order valence-electron chi connectivity index (χ4n) is 7.74. The second-order valence-corrected chi connectivity index (χ2v) is 10.7. The van der Waals surface area contributed by atoms with Gasteiger partial charge in [-0.3, -0.25) is 14.5 Å². The van der Waals surface area contributed by atoms with Crippen molar-refractivity contribution in [1.82, 2.24) is 0 Å². The number of rotatable bonds is 4. The Morgan fingerprint density at radius 1 is 0.848 bits per heavy atom. The Bertz CT molecular complexity index is 1250. The zero-order valence-corrected chi connectivity index (χ0v) is 18.7. The molecule has 4 saturated carbocycles. The lowest BCUT2D eigenvalue weighted by Crippen LogP contribution is -2.43. The quantitative estimate of drug-likeness (QED) is 0.547. The molecule has 1 N–H and O–H groups in total. The Morgan fingerprint density at radius 2 is 1.52 bits per heavy atom. The molecule has 4 fully saturated rings. The van der Waals surface area contributed by atoms with Crippen molar-refractivity contribution in [2.24, 2.45) is 23.7 Å². The van der Waals surface area contributed by atoms with E-state index in [-0.39, 0.29) is 18.4 Å². The molecule has 3 aromatic rings. The topological polar surface area (TPSA) is 49.4 Å². The van der Waals surface area contributed by atoms with Crippen LogP contribution in [0.3, 0.4) is 0 Å². The summed E-state index contributed by atoms with van der Waals surface area (Å²) >= 11 is 0. The van der Waals surface area contributed by atoms with Crippen LogP contribution in [-0.4, -0.2) is 18.4 Å². The van der Waals surface area contributed by atoms with Crippen LogP contribution in [0.5, 0.6) is 0 Å². The molecule has 0 aromatic heterocycles. The predicted molar refractivity (Wildman–Crippen MR) is 130 cm³/mol. The van der Waals surface area contributed by atoms with Gasteiger partial charge in [0, 0.05) is 16.6 Å². The lowest BCUT2D eigenvalue weighted by atomic mass is 9.51. The monoisotopic (exact) mass is 436 g/mol. The Hall–Kier alpha value is -3.14. The predicted octanol–water partition coefficient (Wildman–Crippen LogP) is 5.98. The number of hydrogen-bond donors (Lipinski definition) is 1. The zero-order chi connectivity index (χ0) is 22.1. The summed E-state index contributed by atoms with van der Waals surface area (Å²) in [6.07, 6.45) is 7.12. The van der Waals surface area contributed by atoms with E-state index in [0.717, 1.165) is 45.8 Å². The third-order valence-electron chi connectivity index (χ3n) is 8.76. The second kappa shape index (κ2) is 7.18. The Morgan fingerprint density at radius 3 is 2.21 bits per heavy atom. The van der Waals surface area contributed by atoms with Crippen molar-refractivity contribution in [2.75, 3.05) is 16.8 Å². The summed E-state index contributed by atoms with van der Waals surface area (Å²) in [7, 11) is 0. The van der Waals surface area contributed by atoms with E-state index in [1.807, 2.05) is 48.5 Å². The number of carbonyl (C=O) groups excluding carboxylic acids is 2. The SMILES string of the molecule is O=C(CN1C(=O)c2cccc3cccc1c23)Nc1ccc(C2C3CC4CC(C3)CC2C4)cc1. The normalized spacial score (nSPS) is 29.2. The number of benzene rings is 3. The molecule has 0 saturated heterocycles. The van der Waals surface area contributed by atoms with Crippen LogP contribution in [0.2, 0.25) is 0 Å². The van der Waals surface area contributed by atoms with Crippen LogP contribution in [0.1, 0.15) is 53.9 Å². The fourth-order valence-corrected chi connectivity index (χ4v) is 7.74. The van der Waals surface area contributed by atoms with Gasteiger partial charge in [-0.15, -0.1) is 0 Å². The van der Waals surface area contributed by atoms with Crippen molar-refractivity contribution >= 4 is 34.0 Å². The van der Waals surface area contributed by atoms with E-state index in [1.54, 1.807) is 4.90 Å². The van der Waals surface area contributed by atoms with Crippen LogP contribution in [0.4, 0.5) is 11.4 Å². The largest absolute Gasteiger partial charge is 0.325 e. The zero-order valence-electron chi connectivity index (χ0n) is 18.7. The molecule has 4 heteroatoms. The van der Waals surface area contributed by atoms with Gasteiger partial charge in [-0.05, 0) is 96.9 Å². The summed E-state index contributed by atoms with van der Waals surface area (Å²) < 4.78 is 0. The third-order valence-corrected chi connectivity index (χ3v) is 8.76. The van der Waals surface area contributed by atoms with Gasteiger partial charge in [-0.2, -0.15) is 0 Å². The molecular formula is C29H28N2O2. The van der Waals surface area contributed by atoms with E-state index < -0.39 is 0 Å². The number of amides is 2. The highest BCUT2D eigenvalue weighted by atomic mass is 16.2. The lowest BCUT2D eigenvalue weighted by molar-refractivity contribution is -0.114. The summed E-state index contributed by atoms with van der Waals surface area (Å²) in [5.74, 6) is 4.09. The van der Waals surface area contributed by atoms with Crippen molar-refractivity contribution in [3.05, 3.63) is 71.8 Å². The van der Waals surface area contributed by atoms with Crippen molar-refractivity contribution in [3.8, 4) is 0 Å². The fraction of sp³-hybridized carbons (Fsp3) is 0.379. The van der Waals surface area contributed by atoms with Crippen LogP contribution < -0.4 is 10.2 Å². The molecule has 8 rings (SSSR count). The Balaban J connectivity index is 1.06. The molecule has 166 valence electrons. The van der Waals surface area contributed by atoms with Crippen LogP contribution in [0.25, 0.3) is 10.8 Å². The maximum absolute atomic E-state index is 13.0. The summed E-state index contributed by atoms with van der Waals surface area (Å²) in [6.45, 7) is 0.0178. The van der Waals surface area contributed by atoms with E-state index in [9.17, 15) is 9.59 Å². The molecule has 2 amide bonds. The maximum atomic E-state index is 13.0. The van der Waals surface area contributed by atoms with E-state index in [1.165, 1.54) is 37.7 Å². The Labute approximate surface area is 194 Å². The molecule has 4 nitrogen and oxygen atoms in total. The van der Waals surface area contributed by atoms with Crippen LogP contribution in [0.15, 0.2) is 60.7 Å². The first-order valence-electron chi connectivity index (χ1n) is 12.4.